The molecule has 35 heavy (non-hydrogen) atoms. The molecule has 5 rings (SSSR count). The molecule has 11 heteroatoms. The zero-order chi connectivity index (χ0) is 24.5. The first-order chi connectivity index (χ1) is 16.9. The van der Waals surface area contributed by atoms with Crippen LogP contribution < -0.4 is 10.2 Å². The largest absolute Gasteiger partial charge is 0.368 e. The molecule has 0 radical (unpaired) electrons. The quantitative estimate of drug-likeness (QED) is 0.264. The van der Waals surface area contributed by atoms with Gasteiger partial charge in [0.15, 0.2) is 0 Å². The monoisotopic (exact) mass is 526 g/mol. The van der Waals surface area contributed by atoms with Crippen LogP contribution in [0.15, 0.2) is 60.0 Å². The van der Waals surface area contributed by atoms with Crippen molar-refractivity contribution in [3.8, 4) is 0 Å². The Morgan fingerprint density at radius 1 is 1.00 bits per heavy atom. The number of halogens is 1. The molecule has 1 aliphatic heterocycles. The number of hydrogen-bond acceptors (Lipinski definition) is 7. The summed E-state index contributed by atoms with van der Waals surface area (Å²) in [5.41, 5.74) is 1.52. The van der Waals surface area contributed by atoms with E-state index in [-0.39, 0.29) is 21.5 Å². The average molecular weight is 527 g/mol. The molecule has 2 aromatic heterocycles. The van der Waals surface area contributed by atoms with E-state index >= 15 is 0 Å². The van der Waals surface area contributed by atoms with Crippen molar-refractivity contribution in [2.75, 3.05) is 36.4 Å². The third-order valence-corrected chi connectivity index (χ3v) is 8.42. The van der Waals surface area contributed by atoms with E-state index in [0.717, 1.165) is 35.0 Å². The van der Waals surface area contributed by atoms with E-state index in [4.69, 9.17) is 11.6 Å². The van der Waals surface area contributed by atoms with E-state index in [2.05, 4.69) is 10.2 Å². The van der Waals surface area contributed by atoms with Crippen molar-refractivity contribution in [2.24, 2.45) is 0 Å². The lowest BCUT2D eigenvalue weighted by molar-refractivity contribution is -0.382. The number of anilines is 2. The highest BCUT2D eigenvalue weighted by Crippen LogP contribution is 2.40. The van der Waals surface area contributed by atoms with E-state index in [1.54, 1.807) is 24.3 Å². The van der Waals surface area contributed by atoms with Crippen LogP contribution in [0.5, 0.6) is 0 Å². The number of benzene rings is 2. The molecule has 0 bridgehead atoms. The molecule has 0 unspecified atom stereocenters. The number of thiophene rings is 2. The Bertz CT molecular complexity index is 1410. The molecule has 0 atom stereocenters. The number of piperazine rings is 1. The van der Waals surface area contributed by atoms with E-state index < -0.39 is 10.8 Å². The Morgan fingerprint density at radius 3 is 2.40 bits per heavy atom. The van der Waals surface area contributed by atoms with Gasteiger partial charge in [-0.3, -0.25) is 19.7 Å². The number of nitrogens with one attached hydrogen (secondary N) is 1. The lowest BCUT2D eigenvalue weighted by atomic mass is 10.2. The Hall–Kier alpha value is -3.47. The van der Waals surface area contributed by atoms with Gasteiger partial charge in [-0.15, -0.1) is 22.7 Å². The molecule has 3 heterocycles. The number of fused-ring (bicyclic) bond motifs is 1. The minimum absolute atomic E-state index is 0.0722. The van der Waals surface area contributed by atoms with Crippen LogP contribution in [-0.4, -0.2) is 47.8 Å². The highest BCUT2D eigenvalue weighted by molar-refractivity contribution is 7.22. The van der Waals surface area contributed by atoms with E-state index in [9.17, 15) is 19.7 Å². The van der Waals surface area contributed by atoms with Gasteiger partial charge >= 0.3 is 0 Å². The maximum atomic E-state index is 12.9. The molecule has 0 aliphatic carbocycles. The first-order valence-corrected chi connectivity index (χ1v) is 12.8. The van der Waals surface area contributed by atoms with Gasteiger partial charge in [-0.2, -0.15) is 0 Å². The number of hydrogen-bond donors (Lipinski definition) is 1. The minimum atomic E-state index is -0.479. The Balaban J connectivity index is 1.24. The average Bonchev–Trinajstić information content (AvgIpc) is 3.53. The SMILES string of the molecule is O=C(Nc1ccc(N2CCN(C(=O)c3cccs3)CC2)cc1)c1sc2c([N+](=O)[O-])cccc2c1Cl. The summed E-state index contributed by atoms with van der Waals surface area (Å²) in [5, 5.41) is 16.7. The minimum Gasteiger partial charge on any atom is -0.368 e. The molecular weight excluding hydrogens is 508 g/mol. The Kier molecular flexibility index (Phi) is 6.42. The summed E-state index contributed by atoms with van der Waals surface area (Å²) in [6.07, 6.45) is 0. The summed E-state index contributed by atoms with van der Waals surface area (Å²) >= 11 is 8.84. The Morgan fingerprint density at radius 2 is 1.74 bits per heavy atom. The molecule has 0 saturated carbocycles. The van der Waals surface area contributed by atoms with Crippen LogP contribution in [0, 0.1) is 10.1 Å². The molecule has 1 N–H and O–H groups in total. The smallest absolute Gasteiger partial charge is 0.287 e. The van der Waals surface area contributed by atoms with E-state index in [0.29, 0.717) is 28.9 Å². The van der Waals surface area contributed by atoms with Gasteiger partial charge in [0.2, 0.25) is 0 Å². The molecule has 2 amide bonds. The van der Waals surface area contributed by atoms with Crippen molar-refractivity contribution in [1.82, 2.24) is 4.90 Å². The van der Waals surface area contributed by atoms with E-state index in [1.807, 2.05) is 34.5 Å². The normalized spacial score (nSPS) is 13.7. The second kappa shape index (κ2) is 9.65. The summed E-state index contributed by atoms with van der Waals surface area (Å²) in [6.45, 7) is 2.73. The maximum absolute atomic E-state index is 12.9. The maximum Gasteiger partial charge on any atom is 0.287 e. The third-order valence-electron chi connectivity index (χ3n) is 5.83. The van der Waals surface area contributed by atoms with Gasteiger partial charge in [0.1, 0.15) is 9.58 Å². The van der Waals surface area contributed by atoms with Crippen LogP contribution in [0.2, 0.25) is 5.02 Å². The molecule has 1 saturated heterocycles. The zero-order valence-corrected chi connectivity index (χ0v) is 20.7. The highest BCUT2D eigenvalue weighted by atomic mass is 35.5. The van der Waals surface area contributed by atoms with Crippen molar-refractivity contribution < 1.29 is 14.5 Å². The summed E-state index contributed by atoms with van der Waals surface area (Å²) < 4.78 is 0.375. The van der Waals surface area contributed by atoms with E-state index in [1.165, 1.54) is 17.4 Å². The lowest BCUT2D eigenvalue weighted by Crippen LogP contribution is -2.48. The molecule has 8 nitrogen and oxygen atoms in total. The summed E-state index contributed by atoms with van der Waals surface area (Å²) in [4.78, 5) is 41.3. The fourth-order valence-corrected chi connectivity index (χ4v) is 6.21. The van der Waals surface area contributed by atoms with Crippen molar-refractivity contribution in [2.45, 2.75) is 0 Å². The van der Waals surface area contributed by atoms with Crippen molar-refractivity contribution in [3.63, 3.8) is 0 Å². The molecule has 178 valence electrons. The second-order valence-corrected chi connectivity index (χ2v) is 10.3. The summed E-state index contributed by atoms with van der Waals surface area (Å²) in [5.74, 6) is -0.345. The Labute approximate surface area is 213 Å². The number of nitrogens with zero attached hydrogens (tertiary/aromatic N) is 3. The van der Waals surface area contributed by atoms with Gasteiger partial charge in [-0.05, 0) is 35.7 Å². The first-order valence-electron chi connectivity index (χ1n) is 10.8. The topological polar surface area (TPSA) is 95.8 Å². The molecule has 4 aromatic rings. The van der Waals surface area contributed by atoms with Gasteiger partial charge in [0.25, 0.3) is 17.5 Å². The number of rotatable bonds is 5. The number of non-ortho nitro benzene ring substituents is 1. The summed E-state index contributed by atoms with van der Waals surface area (Å²) in [7, 11) is 0. The number of carbonyl (C=O) groups excluding carboxylic acids is 2. The fraction of sp³-hybridized carbons (Fsp3) is 0.167. The van der Waals surface area contributed by atoms with Gasteiger partial charge in [-0.25, -0.2) is 0 Å². The standard InChI is InChI=1S/C24H19ClN4O4S2/c25-20-17-3-1-4-18(29(32)33)21(17)35-22(20)23(30)26-15-6-8-16(9-7-15)27-10-12-28(13-11-27)24(31)19-5-2-14-34-19/h1-9,14H,10-13H2,(H,26,30). The molecule has 1 aliphatic rings. The first kappa shape index (κ1) is 23.3. The van der Waals surface area contributed by atoms with Crippen LogP contribution in [0.3, 0.4) is 0 Å². The number of nitro benzene ring substituents is 1. The van der Waals surface area contributed by atoms with Crippen LogP contribution in [0.1, 0.15) is 19.3 Å². The second-order valence-electron chi connectivity index (χ2n) is 7.91. The van der Waals surface area contributed by atoms with Gasteiger partial charge in [0, 0.05) is 49.0 Å². The molecule has 0 spiro atoms. The van der Waals surface area contributed by atoms with Gasteiger partial charge < -0.3 is 15.1 Å². The fourth-order valence-electron chi connectivity index (χ4n) is 4.03. The van der Waals surface area contributed by atoms with Crippen molar-refractivity contribution in [1.29, 1.82) is 0 Å². The van der Waals surface area contributed by atoms with Crippen LogP contribution in [0.4, 0.5) is 17.1 Å². The highest BCUT2D eigenvalue weighted by Gasteiger charge is 2.24. The third kappa shape index (κ3) is 4.60. The molecule has 2 aromatic carbocycles. The van der Waals surface area contributed by atoms with Gasteiger partial charge in [-0.1, -0.05) is 29.8 Å². The van der Waals surface area contributed by atoms with Crippen molar-refractivity contribution >= 4 is 73.2 Å². The van der Waals surface area contributed by atoms with Gasteiger partial charge in [0.05, 0.1) is 14.8 Å². The lowest BCUT2D eigenvalue weighted by Gasteiger charge is -2.36. The number of carbonyl (C=O) groups is 2. The van der Waals surface area contributed by atoms with Crippen molar-refractivity contribution in [3.05, 3.63) is 84.9 Å². The number of amides is 2. The van der Waals surface area contributed by atoms with Crippen LogP contribution >= 0.6 is 34.3 Å². The number of nitro groups is 1. The molecular formula is C24H19ClN4O4S2. The molecule has 1 fully saturated rings. The summed E-state index contributed by atoms with van der Waals surface area (Å²) in [6, 6.07) is 15.8. The predicted molar refractivity (Wildman–Crippen MR) is 140 cm³/mol. The van der Waals surface area contributed by atoms with Crippen LogP contribution in [0.25, 0.3) is 10.1 Å². The van der Waals surface area contributed by atoms with Crippen LogP contribution in [-0.2, 0) is 0 Å². The zero-order valence-electron chi connectivity index (χ0n) is 18.3. The predicted octanol–water partition coefficient (Wildman–Crippen LogP) is 5.74.